The van der Waals surface area contributed by atoms with Crippen molar-refractivity contribution in [3.05, 3.63) is 63.7 Å². The zero-order chi connectivity index (χ0) is 20.4. The third-order valence-electron chi connectivity index (χ3n) is 5.96. The maximum Gasteiger partial charge on any atom is 0.274 e. The molecule has 6 heteroatoms. The van der Waals surface area contributed by atoms with Gasteiger partial charge in [-0.05, 0) is 48.8 Å². The number of carbonyl (C=O) groups is 1. The second-order valence-corrected chi connectivity index (χ2v) is 7.78. The highest BCUT2D eigenvalue weighted by molar-refractivity contribution is 5.92. The first kappa shape index (κ1) is 19.4. The fourth-order valence-electron chi connectivity index (χ4n) is 4.36. The second kappa shape index (κ2) is 8.23. The number of nitrogens with one attached hydrogen (secondary N) is 1. The van der Waals surface area contributed by atoms with Crippen LogP contribution >= 0.6 is 0 Å². The van der Waals surface area contributed by atoms with Crippen LogP contribution in [0.4, 0.5) is 0 Å². The molecule has 6 nitrogen and oxygen atoms in total. The number of carbonyl (C=O) groups excluding carboxylic acids is 1. The third kappa shape index (κ3) is 3.71. The molecule has 1 fully saturated rings. The first-order chi connectivity index (χ1) is 14.1. The van der Waals surface area contributed by atoms with Crippen molar-refractivity contribution in [1.29, 1.82) is 0 Å². The molecule has 1 aliphatic rings. The van der Waals surface area contributed by atoms with Crippen molar-refractivity contribution in [3.63, 3.8) is 0 Å². The van der Waals surface area contributed by atoms with Crippen molar-refractivity contribution in [2.75, 3.05) is 13.1 Å². The van der Waals surface area contributed by atoms with Crippen molar-refractivity contribution in [1.82, 2.24) is 19.7 Å². The lowest BCUT2D eigenvalue weighted by Gasteiger charge is -2.31. The van der Waals surface area contributed by atoms with Gasteiger partial charge in [-0.3, -0.25) is 9.59 Å². The SMILES string of the molecule is CCCn1nc(C(=O)N2CCC(c3c[nH]c4c(CC)cccc34)CC2)ccc1=O. The van der Waals surface area contributed by atoms with Gasteiger partial charge in [0.1, 0.15) is 5.69 Å². The van der Waals surface area contributed by atoms with Crippen LogP contribution in [0.3, 0.4) is 0 Å². The number of benzene rings is 1. The number of aromatic amines is 1. The quantitative estimate of drug-likeness (QED) is 0.719. The van der Waals surface area contributed by atoms with Gasteiger partial charge in [-0.2, -0.15) is 5.10 Å². The molecule has 3 aromatic rings. The molecule has 2 aromatic heterocycles. The number of aromatic nitrogens is 3. The predicted molar refractivity (Wildman–Crippen MR) is 114 cm³/mol. The first-order valence-electron chi connectivity index (χ1n) is 10.6. The fraction of sp³-hybridized carbons (Fsp3) is 0.435. The smallest absolute Gasteiger partial charge is 0.274 e. The van der Waals surface area contributed by atoms with Crippen LogP contribution in [-0.4, -0.2) is 38.7 Å². The van der Waals surface area contributed by atoms with Gasteiger partial charge in [0.2, 0.25) is 0 Å². The summed E-state index contributed by atoms with van der Waals surface area (Å²) in [5, 5.41) is 5.58. The summed E-state index contributed by atoms with van der Waals surface area (Å²) in [6.45, 7) is 6.11. The molecule has 0 radical (unpaired) electrons. The van der Waals surface area contributed by atoms with E-state index in [1.54, 1.807) is 6.07 Å². The summed E-state index contributed by atoms with van der Waals surface area (Å²) < 4.78 is 1.39. The van der Waals surface area contributed by atoms with Crippen LogP contribution in [0.25, 0.3) is 10.9 Å². The van der Waals surface area contributed by atoms with Crippen molar-refractivity contribution in [2.45, 2.75) is 52.0 Å². The molecule has 3 heterocycles. The van der Waals surface area contributed by atoms with Crippen LogP contribution in [0, 0.1) is 0 Å². The Morgan fingerprint density at radius 3 is 2.69 bits per heavy atom. The molecule has 152 valence electrons. The first-order valence-corrected chi connectivity index (χ1v) is 10.6. The van der Waals surface area contributed by atoms with Gasteiger partial charge in [0.25, 0.3) is 11.5 Å². The Balaban J connectivity index is 1.48. The molecule has 1 aliphatic heterocycles. The van der Waals surface area contributed by atoms with E-state index in [2.05, 4.69) is 41.4 Å². The predicted octanol–water partition coefficient (Wildman–Crippen LogP) is 3.72. The minimum absolute atomic E-state index is 0.0829. The van der Waals surface area contributed by atoms with Crippen LogP contribution in [-0.2, 0) is 13.0 Å². The molecule has 0 spiro atoms. The molecule has 0 unspecified atom stereocenters. The van der Waals surface area contributed by atoms with Crippen LogP contribution in [0.2, 0.25) is 0 Å². The minimum atomic E-state index is -0.159. The summed E-state index contributed by atoms with van der Waals surface area (Å²) in [4.78, 5) is 30.1. The van der Waals surface area contributed by atoms with E-state index in [1.165, 1.54) is 32.8 Å². The topological polar surface area (TPSA) is 71.0 Å². The van der Waals surface area contributed by atoms with E-state index in [1.807, 2.05) is 11.8 Å². The Morgan fingerprint density at radius 2 is 1.97 bits per heavy atom. The van der Waals surface area contributed by atoms with Gasteiger partial charge in [-0.15, -0.1) is 0 Å². The maximum absolute atomic E-state index is 12.9. The van der Waals surface area contributed by atoms with Crippen molar-refractivity contribution < 1.29 is 4.79 Å². The number of H-pyrrole nitrogens is 1. The highest BCUT2D eigenvalue weighted by atomic mass is 16.2. The number of rotatable bonds is 5. The molecule has 0 atom stereocenters. The van der Waals surface area contributed by atoms with Gasteiger partial charge in [0.05, 0.1) is 0 Å². The highest BCUT2D eigenvalue weighted by Crippen LogP contribution is 2.34. The van der Waals surface area contributed by atoms with Crippen molar-refractivity contribution in [3.8, 4) is 0 Å². The molecule has 29 heavy (non-hydrogen) atoms. The Morgan fingerprint density at radius 1 is 1.17 bits per heavy atom. The summed E-state index contributed by atoms with van der Waals surface area (Å²) in [6, 6.07) is 9.50. The second-order valence-electron chi connectivity index (χ2n) is 7.78. The van der Waals surface area contributed by atoms with Gasteiger partial charge in [0, 0.05) is 42.8 Å². The van der Waals surface area contributed by atoms with Crippen LogP contribution in [0.5, 0.6) is 0 Å². The number of hydrogen-bond donors (Lipinski definition) is 1. The number of piperidine rings is 1. The van der Waals surface area contributed by atoms with Crippen molar-refractivity contribution >= 4 is 16.8 Å². The normalized spacial score (nSPS) is 15.2. The monoisotopic (exact) mass is 392 g/mol. The minimum Gasteiger partial charge on any atom is -0.361 e. The van der Waals surface area contributed by atoms with Crippen LogP contribution in [0.1, 0.15) is 60.6 Å². The Kier molecular flexibility index (Phi) is 5.51. The largest absolute Gasteiger partial charge is 0.361 e. The fourth-order valence-corrected chi connectivity index (χ4v) is 4.36. The number of hydrogen-bond acceptors (Lipinski definition) is 3. The van der Waals surface area contributed by atoms with Gasteiger partial charge in [-0.1, -0.05) is 32.0 Å². The molecule has 1 N–H and O–H groups in total. The lowest BCUT2D eigenvalue weighted by Crippen LogP contribution is -2.39. The van der Waals surface area contributed by atoms with E-state index in [-0.39, 0.29) is 11.5 Å². The summed E-state index contributed by atoms with van der Waals surface area (Å²) in [6.07, 6.45) is 5.83. The van der Waals surface area contributed by atoms with E-state index < -0.39 is 0 Å². The van der Waals surface area contributed by atoms with Crippen LogP contribution in [0.15, 0.2) is 41.3 Å². The molecule has 1 amide bonds. The van der Waals surface area contributed by atoms with Gasteiger partial charge in [-0.25, -0.2) is 4.68 Å². The highest BCUT2D eigenvalue weighted by Gasteiger charge is 2.27. The molecule has 0 bridgehead atoms. The van der Waals surface area contributed by atoms with Gasteiger partial charge >= 0.3 is 0 Å². The number of aryl methyl sites for hydroxylation is 2. The van der Waals surface area contributed by atoms with E-state index in [9.17, 15) is 9.59 Å². The zero-order valence-corrected chi connectivity index (χ0v) is 17.1. The molecule has 0 saturated carbocycles. The molecule has 1 aromatic carbocycles. The number of para-hydroxylation sites is 1. The van der Waals surface area contributed by atoms with Crippen molar-refractivity contribution in [2.24, 2.45) is 0 Å². The molecule has 1 saturated heterocycles. The molecular formula is C23H28N4O2. The average molecular weight is 393 g/mol. The zero-order valence-electron chi connectivity index (χ0n) is 17.1. The van der Waals surface area contributed by atoms with E-state index in [0.717, 1.165) is 25.7 Å². The summed E-state index contributed by atoms with van der Waals surface area (Å²) in [5.41, 5.74) is 4.14. The van der Waals surface area contributed by atoms with E-state index in [0.29, 0.717) is 31.2 Å². The Bertz CT molecular complexity index is 1070. The van der Waals surface area contributed by atoms with E-state index in [4.69, 9.17) is 0 Å². The van der Waals surface area contributed by atoms with Gasteiger partial charge < -0.3 is 9.88 Å². The lowest BCUT2D eigenvalue weighted by atomic mass is 9.88. The Labute approximate surface area is 170 Å². The third-order valence-corrected chi connectivity index (χ3v) is 5.96. The summed E-state index contributed by atoms with van der Waals surface area (Å²) in [7, 11) is 0. The lowest BCUT2D eigenvalue weighted by molar-refractivity contribution is 0.0704. The summed E-state index contributed by atoms with van der Waals surface area (Å²) >= 11 is 0. The molecular weight excluding hydrogens is 364 g/mol. The van der Waals surface area contributed by atoms with Crippen LogP contribution < -0.4 is 5.56 Å². The molecule has 0 aliphatic carbocycles. The number of likely N-dealkylation sites (tertiary alicyclic amines) is 1. The van der Waals surface area contributed by atoms with E-state index >= 15 is 0 Å². The molecule has 4 rings (SSSR count). The standard InChI is InChI=1S/C23H28N4O2/c1-3-12-27-21(28)9-8-20(25-27)23(29)26-13-10-17(11-14-26)19-15-24-22-16(4-2)6-5-7-18(19)22/h5-9,15,17,24H,3-4,10-14H2,1-2H3. The number of fused-ring (bicyclic) bond motifs is 1. The average Bonchev–Trinajstić information content (AvgIpc) is 3.19. The maximum atomic E-state index is 12.9. The van der Waals surface area contributed by atoms with Gasteiger partial charge in [0.15, 0.2) is 0 Å². The summed E-state index contributed by atoms with van der Waals surface area (Å²) in [5.74, 6) is 0.363. The number of amides is 1. The number of nitrogens with zero attached hydrogens (tertiary/aromatic N) is 3. The Hall–Kier alpha value is -2.89.